The van der Waals surface area contributed by atoms with Crippen LogP contribution in [-0.4, -0.2) is 31.4 Å². The van der Waals surface area contributed by atoms with Crippen LogP contribution in [0.2, 0.25) is 0 Å². The highest BCUT2D eigenvalue weighted by atomic mass is 79.9. The van der Waals surface area contributed by atoms with Crippen molar-refractivity contribution in [1.29, 1.82) is 0 Å². The molecule has 0 aliphatic carbocycles. The third kappa shape index (κ3) is 4.51. The standard InChI is InChI=1S/C11H15BrN2O.ClH/c1-13-7-11(15)14(2)8-9-5-3-4-6-10(9)12;/h3-6,13H,7-8H2,1-2H3;1H. The number of likely N-dealkylation sites (N-methyl/N-ethyl adjacent to an activating group) is 2. The molecule has 1 rings (SSSR count). The molecule has 0 aliphatic rings. The maximum atomic E-state index is 11.5. The van der Waals surface area contributed by atoms with Crippen molar-refractivity contribution >= 4 is 34.2 Å². The van der Waals surface area contributed by atoms with Crippen LogP contribution < -0.4 is 5.32 Å². The largest absolute Gasteiger partial charge is 0.340 e. The summed E-state index contributed by atoms with van der Waals surface area (Å²) in [4.78, 5) is 13.2. The van der Waals surface area contributed by atoms with E-state index < -0.39 is 0 Å². The molecule has 1 aromatic carbocycles. The molecule has 0 radical (unpaired) electrons. The Morgan fingerprint density at radius 1 is 1.44 bits per heavy atom. The molecule has 0 unspecified atom stereocenters. The zero-order chi connectivity index (χ0) is 11.3. The first-order valence-electron chi connectivity index (χ1n) is 4.77. The molecule has 1 amide bonds. The summed E-state index contributed by atoms with van der Waals surface area (Å²) in [6.07, 6.45) is 0. The Balaban J connectivity index is 0.00000225. The highest BCUT2D eigenvalue weighted by Crippen LogP contribution is 2.17. The van der Waals surface area contributed by atoms with Crippen LogP contribution in [0.3, 0.4) is 0 Å². The summed E-state index contributed by atoms with van der Waals surface area (Å²) >= 11 is 3.46. The molecule has 3 nitrogen and oxygen atoms in total. The number of nitrogens with zero attached hydrogens (tertiary/aromatic N) is 1. The summed E-state index contributed by atoms with van der Waals surface area (Å²) in [5.74, 6) is 0.0910. The van der Waals surface area contributed by atoms with Crippen molar-refractivity contribution in [3.05, 3.63) is 34.3 Å². The van der Waals surface area contributed by atoms with Gasteiger partial charge in [-0.2, -0.15) is 0 Å². The second kappa shape index (κ2) is 7.65. The summed E-state index contributed by atoms with van der Waals surface area (Å²) in [5.41, 5.74) is 1.12. The van der Waals surface area contributed by atoms with Crippen molar-refractivity contribution in [3.63, 3.8) is 0 Å². The zero-order valence-electron chi connectivity index (χ0n) is 9.37. The molecule has 5 heteroatoms. The van der Waals surface area contributed by atoms with E-state index in [2.05, 4.69) is 21.2 Å². The molecule has 0 aliphatic heterocycles. The molecule has 1 N–H and O–H groups in total. The van der Waals surface area contributed by atoms with Gasteiger partial charge in [-0.15, -0.1) is 12.4 Å². The Kier molecular flexibility index (Phi) is 7.38. The average Bonchev–Trinajstić information content (AvgIpc) is 2.21. The minimum atomic E-state index is 0. The molecule has 0 bridgehead atoms. The van der Waals surface area contributed by atoms with E-state index in [4.69, 9.17) is 0 Å². The number of nitrogens with one attached hydrogen (secondary N) is 1. The predicted molar refractivity (Wildman–Crippen MR) is 71.8 cm³/mol. The number of hydrogen-bond donors (Lipinski definition) is 1. The lowest BCUT2D eigenvalue weighted by atomic mass is 10.2. The average molecular weight is 308 g/mol. The van der Waals surface area contributed by atoms with Gasteiger partial charge in [0.2, 0.25) is 5.91 Å². The number of halogens is 2. The maximum Gasteiger partial charge on any atom is 0.236 e. The van der Waals surface area contributed by atoms with E-state index in [1.165, 1.54) is 0 Å². The summed E-state index contributed by atoms with van der Waals surface area (Å²) < 4.78 is 1.04. The van der Waals surface area contributed by atoms with Crippen molar-refractivity contribution in [2.45, 2.75) is 6.54 Å². The van der Waals surface area contributed by atoms with E-state index in [0.29, 0.717) is 13.1 Å². The molecule has 0 saturated heterocycles. The van der Waals surface area contributed by atoms with E-state index >= 15 is 0 Å². The first-order chi connectivity index (χ1) is 7.15. The Morgan fingerprint density at radius 2 is 2.06 bits per heavy atom. The van der Waals surface area contributed by atoms with Gasteiger partial charge in [-0.3, -0.25) is 4.79 Å². The van der Waals surface area contributed by atoms with Gasteiger partial charge in [0, 0.05) is 18.1 Å². The molecule has 1 aromatic rings. The van der Waals surface area contributed by atoms with Crippen LogP contribution in [0.15, 0.2) is 28.7 Å². The third-order valence-electron chi connectivity index (χ3n) is 2.12. The Morgan fingerprint density at radius 3 is 2.62 bits per heavy atom. The summed E-state index contributed by atoms with van der Waals surface area (Å²) in [6.45, 7) is 1.00. The van der Waals surface area contributed by atoms with Crippen LogP contribution in [0, 0.1) is 0 Å². The van der Waals surface area contributed by atoms with Gasteiger partial charge in [0.05, 0.1) is 6.54 Å². The summed E-state index contributed by atoms with van der Waals surface area (Å²) in [7, 11) is 3.57. The fourth-order valence-electron chi connectivity index (χ4n) is 1.26. The lowest BCUT2D eigenvalue weighted by Crippen LogP contribution is -2.33. The highest BCUT2D eigenvalue weighted by molar-refractivity contribution is 9.10. The SMILES string of the molecule is CNCC(=O)N(C)Cc1ccccc1Br.Cl. The van der Waals surface area contributed by atoms with E-state index in [9.17, 15) is 4.79 Å². The molecule has 0 spiro atoms. The fourth-order valence-corrected chi connectivity index (χ4v) is 1.67. The van der Waals surface area contributed by atoms with Crippen LogP contribution in [0.5, 0.6) is 0 Å². The van der Waals surface area contributed by atoms with E-state index in [1.807, 2.05) is 24.3 Å². The number of carbonyl (C=O) groups is 1. The van der Waals surface area contributed by atoms with Gasteiger partial charge < -0.3 is 10.2 Å². The minimum absolute atomic E-state index is 0. The van der Waals surface area contributed by atoms with Gasteiger partial charge in [-0.05, 0) is 18.7 Å². The Labute approximate surface area is 111 Å². The molecule has 90 valence electrons. The molecule has 0 heterocycles. The van der Waals surface area contributed by atoms with E-state index in [1.54, 1.807) is 19.0 Å². The van der Waals surface area contributed by atoms with Crippen molar-refractivity contribution in [2.75, 3.05) is 20.6 Å². The number of amides is 1. The van der Waals surface area contributed by atoms with Gasteiger partial charge >= 0.3 is 0 Å². The molecule has 0 fully saturated rings. The van der Waals surface area contributed by atoms with Crippen molar-refractivity contribution in [3.8, 4) is 0 Å². The quantitative estimate of drug-likeness (QED) is 0.923. The van der Waals surface area contributed by atoms with Crippen molar-refractivity contribution < 1.29 is 4.79 Å². The van der Waals surface area contributed by atoms with Crippen LogP contribution >= 0.6 is 28.3 Å². The molecule has 0 atom stereocenters. The first-order valence-corrected chi connectivity index (χ1v) is 5.56. The van der Waals surface area contributed by atoms with Gasteiger partial charge in [-0.1, -0.05) is 34.1 Å². The third-order valence-corrected chi connectivity index (χ3v) is 2.89. The molecular weight excluding hydrogens is 291 g/mol. The van der Waals surface area contributed by atoms with Gasteiger partial charge in [0.25, 0.3) is 0 Å². The van der Waals surface area contributed by atoms with Gasteiger partial charge in [-0.25, -0.2) is 0 Å². The number of benzene rings is 1. The topological polar surface area (TPSA) is 32.3 Å². The number of carbonyl (C=O) groups excluding carboxylic acids is 1. The molecular formula is C11H16BrClN2O. The Bertz CT molecular complexity index is 347. The summed E-state index contributed by atoms with van der Waals surface area (Å²) in [6, 6.07) is 7.92. The van der Waals surface area contributed by atoms with E-state index in [0.717, 1.165) is 10.0 Å². The number of rotatable bonds is 4. The van der Waals surface area contributed by atoms with Crippen molar-refractivity contribution in [2.24, 2.45) is 0 Å². The van der Waals surface area contributed by atoms with Crippen molar-refractivity contribution in [1.82, 2.24) is 10.2 Å². The van der Waals surface area contributed by atoms with Gasteiger partial charge in [0.1, 0.15) is 0 Å². The maximum absolute atomic E-state index is 11.5. The minimum Gasteiger partial charge on any atom is -0.340 e. The molecule has 0 saturated carbocycles. The molecule has 16 heavy (non-hydrogen) atoms. The predicted octanol–water partition coefficient (Wildman–Crippen LogP) is 2.05. The number of hydrogen-bond acceptors (Lipinski definition) is 2. The van der Waals surface area contributed by atoms with E-state index in [-0.39, 0.29) is 18.3 Å². The zero-order valence-corrected chi connectivity index (χ0v) is 11.8. The molecule has 0 aromatic heterocycles. The monoisotopic (exact) mass is 306 g/mol. The Hall–Kier alpha value is -0.580. The van der Waals surface area contributed by atoms with Crippen LogP contribution in [0.4, 0.5) is 0 Å². The smallest absolute Gasteiger partial charge is 0.236 e. The second-order valence-electron chi connectivity index (χ2n) is 3.37. The normalized spacial score (nSPS) is 9.44. The van der Waals surface area contributed by atoms with Gasteiger partial charge in [0.15, 0.2) is 0 Å². The lowest BCUT2D eigenvalue weighted by molar-refractivity contribution is -0.129. The van der Waals surface area contributed by atoms with Crippen LogP contribution in [0.25, 0.3) is 0 Å². The van der Waals surface area contributed by atoms with Crippen LogP contribution in [-0.2, 0) is 11.3 Å². The van der Waals surface area contributed by atoms with Crippen LogP contribution in [0.1, 0.15) is 5.56 Å². The summed E-state index contributed by atoms with van der Waals surface area (Å²) in [5, 5.41) is 2.85. The second-order valence-corrected chi connectivity index (χ2v) is 4.23. The first kappa shape index (κ1) is 15.4. The fraction of sp³-hybridized carbons (Fsp3) is 0.364. The highest BCUT2D eigenvalue weighted by Gasteiger charge is 2.08. The lowest BCUT2D eigenvalue weighted by Gasteiger charge is -2.17.